The maximum atomic E-state index is 13.1. The van der Waals surface area contributed by atoms with Gasteiger partial charge in [0.15, 0.2) is 5.16 Å². The van der Waals surface area contributed by atoms with Gasteiger partial charge < -0.3 is 5.32 Å². The number of hydrogen-bond acceptors (Lipinski definition) is 4. The fraction of sp³-hybridized carbons (Fsp3) is 0.167. The molecule has 0 unspecified atom stereocenters. The van der Waals surface area contributed by atoms with Crippen LogP contribution >= 0.6 is 23.4 Å². The van der Waals surface area contributed by atoms with Crippen molar-refractivity contribution in [1.29, 1.82) is 0 Å². The molecule has 2 aromatic carbocycles. The van der Waals surface area contributed by atoms with Crippen LogP contribution in [-0.4, -0.2) is 26.4 Å². The van der Waals surface area contributed by atoms with Gasteiger partial charge in [-0.1, -0.05) is 23.4 Å². The van der Waals surface area contributed by atoms with Crippen LogP contribution in [0.4, 0.5) is 23.2 Å². The molecule has 3 rings (SSSR count). The lowest BCUT2D eigenvalue weighted by molar-refractivity contribution is -0.137. The van der Waals surface area contributed by atoms with Crippen LogP contribution in [0.3, 0.4) is 0 Å². The third kappa shape index (κ3) is 5.07. The number of rotatable bonds is 5. The predicted molar refractivity (Wildman–Crippen MR) is 102 cm³/mol. The summed E-state index contributed by atoms with van der Waals surface area (Å²) >= 11 is 6.91. The van der Waals surface area contributed by atoms with Gasteiger partial charge in [0.1, 0.15) is 11.6 Å². The van der Waals surface area contributed by atoms with Gasteiger partial charge in [0.05, 0.1) is 22.0 Å². The fourth-order valence-electron chi connectivity index (χ4n) is 2.44. The van der Waals surface area contributed by atoms with E-state index in [9.17, 15) is 22.4 Å². The molecule has 5 nitrogen and oxygen atoms in total. The van der Waals surface area contributed by atoms with E-state index in [2.05, 4.69) is 15.5 Å². The van der Waals surface area contributed by atoms with E-state index in [0.717, 1.165) is 30.0 Å². The molecule has 152 valence electrons. The van der Waals surface area contributed by atoms with Gasteiger partial charge in [-0.15, -0.1) is 10.2 Å². The average Bonchev–Trinajstić information content (AvgIpc) is 3.02. The zero-order valence-electron chi connectivity index (χ0n) is 14.8. The number of nitrogens with one attached hydrogen (secondary N) is 1. The molecule has 0 bridgehead atoms. The molecule has 1 aromatic heterocycles. The molecule has 29 heavy (non-hydrogen) atoms. The van der Waals surface area contributed by atoms with Gasteiger partial charge in [0.25, 0.3) is 0 Å². The van der Waals surface area contributed by atoms with E-state index < -0.39 is 23.5 Å². The Bertz CT molecular complexity index is 1040. The highest BCUT2D eigenvalue weighted by Gasteiger charge is 2.31. The summed E-state index contributed by atoms with van der Waals surface area (Å²) in [5.74, 6) is -0.583. The summed E-state index contributed by atoms with van der Waals surface area (Å²) in [7, 11) is 0. The number of alkyl halides is 3. The number of benzene rings is 2. The van der Waals surface area contributed by atoms with Gasteiger partial charge in [0, 0.05) is 5.69 Å². The molecule has 0 aliphatic rings. The second kappa shape index (κ2) is 8.42. The SMILES string of the molecule is Cc1nnc(SCC(=O)Nc2cc(C(F)(F)F)ccc2Cl)n1-c1ccc(F)cc1. The molecule has 1 heterocycles. The molecule has 0 fully saturated rings. The average molecular weight is 445 g/mol. The second-order valence-electron chi connectivity index (χ2n) is 5.87. The van der Waals surface area contributed by atoms with Crippen LogP contribution in [0.25, 0.3) is 5.69 Å². The van der Waals surface area contributed by atoms with Crippen molar-refractivity contribution in [2.45, 2.75) is 18.3 Å². The summed E-state index contributed by atoms with van der Waals surface area (Å²) in [6.07, 6.45) is -4.55. The van der Waals surface area contributed by atoms with Gasteiger partial charge in [-0.3, -0.25) is 9.36 Å². The first kappa shape index (κ1) is 21.1. The summed E-state index contributed by atoms with van der Waals surface area (Å²) in [5, 5.41) is 10.7. The number of nitrogens with zero attached hydrogens (tertiary/aromatic N) is 3. The molecule has 0 radical (unpaired) electrons. The molecule has 0 saturated carbocycles. The van der Waals surface area contributed by atoms with Crippen LogP contribution in [0.1, 0.15) is 11.4 Å². The van der Waals surface area contributed by atoms with E-state index in [1.54, 1.807) is 11.5 Å². The van der Waals surface area contributed by atoms with Gasteiger partial charge in [0.2, 0.25) is 5.91 Å². The topological polar surface area (TPSA) is 59.8 Å². The Kier molecular flexibility index (Phi) is 6.13. The Labute approximate surface area is 172 Å². The number of halogens is 5. The lowest BCUT2D eigenvalue weighted by Gasteiger charge is -2.12. The minimum atomic E-state index is -4.55. The van der Waals surface area contributed by atoms with Gasteiger partial charge >= 0.3 is 6.18 Å². The third-order valence-electron chi connectivity index (χ3n) is 3.78. The van der Waals surface area contributed by atoms with Crippen LogP contribution in [0.15, 0.2) is 47.6 Å². The number of aryl methyl sites for hydroxylation is 1. The second-order valence-corrected chi connectivity index (χ2v) is 7.22. The molecule has 0 aliphatic carbocycles. The summed E-state index contributed by atoms with van der Waals surface area (Å²) in [4.78, 5) is 12.2. The van der Waals surface area contributed by atoms with E-state index >= 15 is 0 Å². The van der Waals surface area contributed by atoms with Crippen LogP contribution in [0, 0.1) is 12.7 Å². The number of amides is 1. The zero-order valence-corrected chi connectivity index (χ0v) is 16.4. The highest BCUT2D eigenvalue weighted by molar-refractivity contribution is 7.99. The van der Waals surface area contributed by atoms with Crippen molar-refractivity contribution in [1.82, 2.24) is 14.8 Å². The predicted octanol–water partition coefficient (Wildman–Crippen LogP) is 5.12. The number of thioether (sulfide) groups is 1. The van der Waals surface area contributed by atoms with Gasteiger partial charge in [-0.2, -0.15) is 13.2 Å². The summed E-state index contributed by atoms with van der Waals surface area (Å²) in [5.41, 5.74) is -0.447. The molecule has 0 spiro atoms. The maximum Gasteiger partial charge on any atom is 0.416 e. The van der Waals surface area contributed by atoms with E-state index in [1.165, 1.54) is 24.3 Å². The zero-order chi connectivity index (χ0) is 21.2. The molecule has 0 aliphatic heterocycles. The highest BCUT2D eigenvalue weighted by atomic mass is 35.5. The van der Waals surface area contributed by atoms with E-state index in [4.69, 9.17) is 11.6 Å². The number of carbonyl (C=O) groups excluding carboxylic acids is 1. The molecule has 0 atom stereocenters. The molecule has 1 amide bonds. The van der Waals surface area contributed by atoms with Crippen LogP contribution < -0.4 is 5.32 Å². The van der Waals surface area contributed by atoms with Crippen LogP contribution in [-0.2, 0) is 11.0 Å². The highest BCUT2D eigenvalue weighted by Crippen LogP contribution is 2.34. The van der Waals surface area contributed by atoms with Gasteiger partial charge in [-0.05, 0) is 49.4 Å². The molecule has 11 heteroatoms. The molecular weight excluding hydrogens is 432 g/mol. The molecule has 3 aromatic rings. The van der Waals surface area contributed by atoms with Crippen molar-refractivity contribution in [2.24, 2.45) is 0 Å². The van der Waals surface area contributed by atoms with Crippen LogP contribution in [0.5, 0.6) is 0 Å². The lowest BCUT2D eigenvalue weighted by atomic mass is 10.2. The normalized spacial score (nSPS) is 11.5. The number of aromatic nitrogens is 3. The van der Waals surface area contributed by atoms with E-state index in [0.29, 0.717) is 16.7 Å². The first-order valence-corrected chi connectivity index (χ1v) is 9.49. The Hall–Kier alpha value is -2.59. The van der Waals surface area contributed by atoms with E-state index in [-0.39, 0.29) is 16.5 Å². The van der Waals surface area contributed by atoms with Crippen molar-refractivity contribution in [2.75, 3.05) is 11.1 Å². The van der Waals surface area contributed by atoms with Gasteiger partial charge in [-0.25, -0.2) is 4.39 Å². The summed E-state index contributed by atoms with van der Waals surface area (Å²) < 4.78 is 53.3. The van der Waals surface area contributed by atoms with Crippen molar-refractivity contribution in [3.8, 4) is 5.69 Å². The Balaban J connectivity index is 1.72. The first-order valence-electron chi connectivity index (χ1n) is 8.12. The minimum Gasteiger partial charge on any atom is -0.324 e. The lowest BCUT2D eigenvalue weighted by Crippen LogP contribution is -2.16. The monoisotopic (exact) mass is 444 g/mol. The maximum absolute atomic E-state index is 13.1. The fourth-order valence-corrected chi connectivity index (χ4v) is 3.40. The third-order valence-corrected chi connectivity index (χ3v) is 5.04. The number of anilines is 1. The quantitative estimate of drug-likeness (QED) is 0.438. The number of hydrogen-bond donors (Lipinski definition) is 1. The summed E-state index contributed by atoms with van der Waals surface area (Å²) in [6.45, 7) is 1.70. The van der Waals surface area contributed by atoms with Crippen molar-refractivity contribution >= 4 is 35.0 Å². The smallest absolute Gasteiger partial charge is 0.324 e. The van der Waals surface area contributed by atoms with E-state index in [1.807, 2.05) is 0 Å². The largest absolute Gasteiger partial charge is 0.416 e. The molecular formula is C18H13ClF4N4OS. The Morgan fingerprint density at radius 3 is 2.52 bits per heavy atom. The van der Waals surface area contributed by atoms with Crippen molar-refractivity contribution < 1.29 is 22.4 Å². The van der Waals surface area contributed by atoms with Crippen molar-refractivity contribution in [3.05, 3.63) is 64.7 Å². The van der Waals surface area contributed by atoms with Crippen molar-refractivity contribution in [3.63, 3.8) is 0 Å². The summed E-state index contributed by atoms with van der Waals surface area (Å²) in [6, 6.07) is 8.33. The Morgan fingerprint density at radius 2 is 1.86 bits per heavy atom. The number of carbonyl (C=O) groups is 1. The first-order chi connectivity index (χ1) is 13.6. The Morgan fingerprint density at radius 1 is 1.17 bits per heavy atom. The molecule has 0 saturated heterocycles. The standard InChI is InChI=1S/C18H13ClF4N4OS/c1-10-25-26-17(27(10)13-5-3-12(20)4-6-13)29-9-16(28)24-15-8-11(18(21,22)23)2-7-14(15)19/h2-8H,9H2,1H3,(H,24,28). The van der Waals surface area contributed by atoms with Crippen LogP contribution in [0.2, 0.25) is 5.02 Å². The minimum absolute atomic E-state index is 0.0123. The molecule has 1 N–H and O–H groups in total.